The highest BCUT2D eigenvalue weighted by atomic mass is 14.2. The highest BCUT2D eigenvalue weighted by Crippen LogP contribution is 2.26. The van der Waals surface area contributed by atoms with Crippen molar-refractivity contribution in [2.75, 3.05) is 0 Å². The summed E-state index contributed by atoms with van der Waals surface area (Å²) in [5.74, 6) is 3.60. The van der Waals surface area contributed by atoms with Crippen LogP contribution in [0.1, 0.15) is 92.9 Å². The summed E-state index contributed by atoms with van der Waals surface area (Å²) < 4.78 is 0. The van der Waals surface area contributed by atoms with Crippen molar-refractivity contribution in [1.82, 2.24) is 0 Å². The Balaban J connectivity index is 3.76. The standard InChI is InChI=1S/C18H38/c1-7-8-9-10-13-18(16(4)5)14-11-12-17(6)15(2)3/h15-18H,7-14H2,1-6H3. The molecule has 0 N–H and O–H groups in total. The molecule has 0 rings (SSSR count). The predicted molar refractivity (Wildman–Crippen MR) is 84.9 cm³/mol. The Bertz CT molecular complexity index is 169. The average Bonchev–Trinajstić information content (AvgIpc) is 2.31. The molecule has 0 heteroatoms. The van der Waals surface area contributed by atoms with E-state index in [0.717, 1.165) is 23.7 Å². The molecule has 2 unspecified atom stereocenters. The van der Waals surface area contributed by atoms with Gasteiger partial charge in [-0.15, -0.1) is 0 Å². The minimum absolute atomic E-state index is 0.854. The second-order valence-corrected chi connectivity index (χ2v) is 7.01. The Kier molecular flexibility index (Phi) is 10.9. The van der Waals surface area contributed by atoms with E-state index in [1.807, 2.05) is 0 Å². The summed E-state index contributed by atoms with van der Waals surface area (Å²) in [7, 11) is 0. The zero-order valence-corrected chi connectivity index (χ0v) is 14.0. The van der Waals surface area contributed by atoms with Crippen LogP contribution in [0.3, 0.4) is 0 Å². The average molecular weight is 255 g/mol. The number of rotatable bonds is 11. The van der Waals surface area contributed by atoms with Gasteiger partial charge in [0.25, 0.3) is 0 Å². The van der Waals surface area contributed by atoms with Gasteiger partial charge < -0.3 is 0 Å². The van der Waals surface area contributed by atoms with Gasteiger partial charge in [-0.25, -0.2) is 0 Å². The maximum Gasteiger partial charge on any atom is -0.0391 e. The van der Waals surface area contributed by atoms with Crippen LogP contribution in [0.25, 0.3) is 0 Å². The first-order valence-electron chi connectivity index (χ1n) is 8.49. The van der Waals surface area contributed by atoms with Gasteiger partial charge in [0, 0.05) is 0 Å². The van der Waals surface area contributed by atoms with Gasteiger partial charge in [0.2, 0.25) is 0 Å². The highest BCUT2D eigenvalue weighted by Gasteiger charge is 2.14. The normalized spacial score (nSPS) is 15.3. The lowest BCUT2D eigenvalue weighted by Gasteiger charge is -2.22. The van der Waals surface area contributed by atoms with Gasteiger partial charge in [-0.05, 0) is 23.7 Å². The smallest absolute Gasteiger partial charge is 0.0391 e. The van der Waals surface area contributed by atoms with Crippen molar-refractivity contribution in [2.45, 2.75) is 92.9 Å². The molecule has 0 fully saturated rings. The molecule has 0 aromatic heterocycles. The predicted octanol–water partition coefficient (Wildman–Crippen LogP) is 6.69. The van der Waals surface area contributed by atoms with Crippen molar-refractivity contribution >= 4 is 0 Å². The van der Waals surface area contributed by atoms with Crippen molar-refractivity contribution < 1.29 is 0 Å². The summed E-state index contributed by atoms with van der Waals surface area (Å²) in [4.78, 5) is 0. The zero-order chi connectivity index (χ0) is 14.0. The molecule has 0 bridgehead atoms. The van der Waals surface area contributed by atoms with Crippen molar-refractivity contribution in [1.29, 1.82) is 0 Å². The van der Waals surface area contributed by atoms with E-state index in [0.29, 0.717) is 0 Å². The molecule has 18 heavy (non-hydrogen) atoms. The SMILES string of the molecule is CCCCCCC(CCCC(C)C(C)C)C(C)C. The Labute approximate surface area is 117 Å². The first-order valence-corrected chi connectivity index (χ1v) is 8.49. The first kappa shape index (κ1) is 18.0. The van der Waals surface area contributed by atoms with Crippen LogP contribution in [-0.4, -0.2) is 0 Å². The van der Waals surface area contributed by atoms with E-state index in [2.05, 4.69) is 41.5 Å². The van der Waals surface area contributed by atoms with Crippen LogP contribution in [0.2, 0.25) is 0 Å². The Morgan fingerprint density at radius 2 is 1.22 bits per heavy atom. The van der Waals surface area contributed by atoms with Gasteiger partial charge in [0.15, 0.2) is 0 Å². The third-order valence-electron chi connectivity index (χ3n) is 4.74. The Morgan fingerprint density at radius 1 is 0.611 bits per heavy atom. The zero-order valence-electron chi connectivity index (χ0n) is 14.0. The monoisotopic (exact) mass is 254 g/mol. The molecule has 0 nitrogen and oxygen atoms in total. The van der Waals surface area contributed by atoms with E-state index in [9.17, 15) is 0 Å². The van der Waals surface area contributed by atoms with Gasteiger partial charge in [0.1, 0.15) is 0 Å². The summed E-state index contributed by atoms with van der Waals surface area (Å²) in [5, 5.41) is 0. The molecule has 0 aromatic carbocycles. The van der Waals surface area contributed by atoms with E-state index in [4.69, 9.17) is 0 Å². The highest BCUT2D eigenvalue weighted by molar-refractivity contribution is 4.66. The molecule has 2 atom stereocenters. The number of unbranched alkanes of at least 4 members (excludes halogenated alkanes) is 3. The third-order valence-corrected chi connectivity index (χ3v) is 4.74. The van der Waals surface area contributed by atoms with Gasteiger partial charge >= 0.3 is 0 Å². The summed E-state index contributed by atoms with van der Waals surface area (Å²) >= 11 is 0. The molecule has 0 aliphatic carbocycles. The van der Waals surface area contributed by atoms with Crippen molar-refractivity contribution in [2.24, 2.45) is 23.7 Å². The van der Waals surface area contributed by atoms with E-state index in [1.165, 1.54) is 51.4 Å². The van der Waals surface area contributed by atoms with Crippen LogP contribution < -0.4 is 0 Å². The fraction of sp³-hybridized carbons (Fsp3) is 1.00. The molecule has 0 saturated carbocycles. The second kappa shape index (κ2) is 10.9. The third kappa shape index (κ3) is 9.00. The van der Waals surface area contributed by atoms with Gasteiger partial charge in [0.05, 0.1) is 0 Å². The van der Waals surface area contributed by atoms with Crippen LogP contribution in [0.4, 0.5) is 0 Å². The number of hydrogen-bond acceptors (Lipinski definition) is 0. The van der Waals surface area contributed by atoms with Crippen LogP contribution in [0, 0.1) is 23.7 Å². The van der Waals surface area contributed by atoms with Gasteiger partial charge in [-0.1, -0.05) is 92.9 Å². The lowest BCUT2D eigenvalue weighted by molar-refractivity contribution is 0.293. The minimum Gasteiger partial charge on any atom is -0.0654 e. The maximum atomic E-state index is 2.41. The van der Waals surface area contributed by atoms with Crippen LogP contribution in [0.5, 0.6) is 0 Å². The summed E-state index contributed by atoms with van der Waals surface area (Å²) in [5.41, 5.74) is 0. The molecule has 0 saturated heterocycles. The van der Waals surface area contributed by atoms with Crippen LogP contribution in [-0.2, 0) is 0 Å². The molecule has 0 aliphatic rings. The van der Waals surface area contributed by atoms with E-state index >= 15 is 0 Å². The molecule has 0 spiro atoms. The summed E-state index contributed by atoms with van der Waals surface area (Å²) in [6.07, 6.45) is 11.5. The maximum absolute atomic E-state index is 2.41. The molecule has 0 radical (unpaired) electrons. The second-order valence-electron chi connectivity index (χ2n) is 7.01. The van der Waals surface area contributed by atoms with Crippen molar-refractivity contribution in [3.8, 4) is 0 Å². The largest absolute Gasteiger partial charge is 0.0654 e. The summed E-state index contributed by atoms with van der Waals surface area (Å²) in [6, 6.07) is 0. The Hall–Kier alpha value is 0. The number of hydrogen-bond donors (Lipinski definition) is 0. The fourth-order valence-corrected chi connectivity index (χ4v) is 2.68. The molecule has 0 aromatic rings. The Morgan fingerprint density at radius 3 is 1.72 bits per heavy atom. The van der Waals surface area contributed by atoms with E-state index in [-0.39, 0.29) is 0 Å². The molecular weight excluding hydrogens is 216 g/mol. The lowest BCUT2D eigenvalue weighted by Crippen LogP contribution is -2.10. The van der Waals surface area contributed by atoms with Crippen molar-refractivity contribution in [3.05, 3.63) is 0 Å². The molecule has 0 aliphatic heterocycles. The molecule has 110 valence electrons. The lowest BCUT2D eigenvalue weighted by atomic mass is 9.84. The summed E-state index contributed by atoms with van der Waals surface area (Å²) in [6.45, 7) is 14.3. The first-order chi connectivity index (χ1) is 8.49. The van der Waals surface area contributed by atoms with Gasteiger partial charge in [-0.3, -0.25) is 0 Å². The van der Waals surface area contributed by atoms with Crippen LogP contribution in [0.15, 0.2) is 0 Å². The van der Waals surface area contributed by atoms with Gasteiger partial charge in [-0.2, -0.15) is 0 Å². The molecular formula is C18H38. The molecule has 0 amide bonds. The minimum atomic E-state index is 0.854. The topological polar surface area (TPSA) is 0 Å². The molecule has 0 heterocycles. The van der Waals surface area contributed by atoms with E-state index in [1.54, 1.807) is 0 Å². The quantitative estimate of drug-likeness (QED) is 0.360. The fourth-order valence-electron chi connectivity index (χ4n) is 2.68. The van der Waals surface area contributed by atoms with Crippen molar-refractivity contribution in [3.63, 3.8) is 0 Å². The van der Waals surface area contributed by atoms with E-state index < -0.39 is 0 Å². The van der Waals surface area contributed by atoms with Crippen LogP contribution >= 0.6 is 0 Å².